The summed E-state index contributed by atoms with van der Waals surface area (Å²) in [6.07, 6.45) is 0. The first-order valence-corrected chi connectivity index (χ1v) is 7.61. The quantitative estimate of drug-likeness (QED) is 0.580. The number of hydrogen-bond acceptors (Lipinski definition) is 2. The van der Waals surface area contributed by atoms with Crippen LogP contribution in [-0.4, -0.2) is 0 Å². The van der Waals surface area contributed by atoms with Crippen LogP contribution in [0.5, 0.6) is 0 Å². The van der Waals surface area contributed by atoms with Crippen LogP contribution in [0.4, 0.5) is 0 Å². The van der Waals surface area contributed by atoms with Crippen LogP contribution < -0.4 is 0 Å². The molecule has 10 heavy (non-hydrogen) atoms. The molecule has 1 atom stereocenters. The summed E-state index contributed by atoms with van der Waals surface area (Å²) in [5, 5.41) is -0.582. The summed E-state index contributed by atoms with van der Waals surface area (Å²) < 4.78 is 0. The van der Waals surface area contributed by atoms with E-state index in [1.807, 2.05) is 30.3 Å². The van der Waals surface area contributed by atoms with Gasteiger partial charge in [0.1, 0.15) is 11.4 Å². The van der Waals surface area contributed by atoms with Crippen LogP contribution in [0, 0.1) is 0 Å². The first-order chi connectivity index (χ1) is 4.79. The second kappa shape index (κ2) is 4.35. The van der Waals surface area contributed by atoms with Crippen LogP contribution in [0.1, 0.15) is 0 Å². The number of rotatable bonds is 2. The molecule has 0 aliphatic heterocycles. The van der Waals surface area contributed by atoms with Crippen LogP contribution in [0.15, 0.2) is 35.2 Å². The SMILES string of the molecule is S=[P+](S)Sc1ccccc1. The van der Waals surface area contributed by atoms with E-state index in [0.717, 1.165) is 0 Å². The lowest BCUT2D eigenvalue weighted by Gasteiger charge is -1.85. The normalized spacial score (nSPS) is 11.1. The van der Waals surface area contributed by atoms with E-state index in [-0.39, 0.29) is 0 Å². The van der Waals surface area contributed by atoms with Crippen molar-refractivity contribution in [2.24, 2.45) is 0 Å². The molecule has 0 aliphatic carbocycles. The van der Waals surface area contributed by atoms with Crippen molar-refractivity contribution in [3.05, 3.63) is 30.3 Å². The maximum Gasteiger partial charge on any atom is 0.319 e. The zero-order chi connectivity index (χ0) is 7.40. The van der Waals surface area contributed by atoms with Gasteiger partial charge in [-0.25, -0.2) is 0 Å². The molecule has 4 heteroatoms. The standard InChI is InChI=1S/C6H5PS3/c8-7(9)10-6-4-2-1-3-5-6/h1-5H/p+1. The van der Waals surface area contributed by atoms with Crippen molar-refractivity contribution in [3.63, 3.8) is 0 Å². The highest BCUT2D eigenvalue weighted by Gasteiger charge is 2.05. The zero-order valence-electron chi connectivity index (χ0n) is 5.10. The first-order valence-electron chi connectivity index (χ1n) is 2.68. The molecule has 0 saturated carbocycles. The van der Waals surface area contributed by atoms with Crippen LogP contribution in [-0.2, 0) is 11.8 Å². The van der Waals surface area contributed by atoms with E-state index in [4.69, 9.17) is 11.8 Å². The minimum atomic E-state index is -0.582. The summed E-state index contributed by atoms with van der Waals surface area (Å²) in [6, 6.07) is 10.1. The van der Waals surface area contributed by atoms with Gasteiger partial charge in [-0.3, -0.25) is 0 Å². The van der Waals surface area contributed by atoms with Gasteiger partial charge in [-0.1, -0.05) is 18.2 Å². The molecule has 0 nitrogen and oxygen atoms in total. The van der Waals surface area contributed by atoms with E-state index in [0.29, 0.717) is 0 Å². The van der Waals surface area contributed by atoms with E-state index in [1.165, 1.54) is 4.90 Å². The molecular weight excluding hydrogens is 199 g/mol. The van der Waals surface area contributed by atoms with Crippen LogP contribution in [0.2, 0.25) is 0 Å². The fourth-order valence-corrected chi connectivity index (χ4v) is 3.56. The molecule has 0 spiro atoms. The average Bonchev–Trinajstić information content (AvgIpc) is 1.88. The van der Waals surface area contributed by atoms with Crippen LogP contribution in [0.3, 0.4) is 0 Å². The van der Waals surface area contributed by atoms with Crippen molar-refractivity contribution < 1.29 is 0 Å². The van der Waals surface area contributed by atoms with Gasteiger partial charge in [-0.2, -0.15) is 0 Å². The fraction of sp³-hybridized carbons (Fsp3) is 0. The molecule has 0 heterocycles. The van der Waals surface area contributed by atoms with E-state index in [1.54, 1.807) is 11.4 Å². The minimum absolute atomic E-state index is 0.582. The smallest absolute Gasteiger partial charge is 0.0622 e. The van der Waals surface area contributed by atoms with Gasteiger partial charge in [0.05, 0.1) is 17.1 Å². The summed E-state index contributed by atoms with van der Waals surface area (Å²) in [5.41, 5.74) is 0. The second-order valence-electron chi connectivity index (χ2n) is 1.64. The predicted molar refractivity (Wildman–Crippen MR) is 55.6 cm³/mol. The molecule has 52 valence electrons. The van der Waals surface area contributed by atoms with Crippen LogP contribution >= 0.6 is 28.7 Å². The van der Waals surface area contributed by atoms with Crippen molar-refractivity contribution in [2.45, 2.75) is 4.90 Å². The number of benzene rings is 1. The molecule has 1 rings (SSSR count). The maximum atomic E-state index is 4.95. The van der Waals surface area contributed by atoms with Gasteiger partial charge >= 0.3 is 5.10 Å². The van der Waals surface area contributed by atoms with Crippen molar-refractivity contribution in [2.75, 3.05) is 0 Å². The molecule has 0 saturated heterocycles. The van der Waals surface area contributed by atoms with Crippen molar-refractivity contribution in [1.29, 1.82) is 0 Å². The van der Waals surface area contributed by atoms with Crippen molar-refractivity contribution in [1.82, 2.24) is 0 Å². The second-order valence-corrected chi connectivity index (χ2v) is 9.03. The van der Waals surface area contributed by atoms with Gasteiger partial charge in [0, 0.05) is 0 Å². The molecular formula is C6H6PS3+. The highest BCUT2D eigenvalue weighted by Crippen LogP contribution is 2.47. The fourth-order valence-electron chi connectivity index (χ4n) is 0.572. The molecule has 0 radical (unpaired) electrons. The Morgan fingerprint density at radius 2 is 1.90 bits per heavy atom. The van der Waals surface area contributed by atoms with Crippen molar-refractivity contribution >= 4 is 40.5 Å². The topological polar surface area (TPSA) is 0 Å². The van der Waals surface area contributed by atoms with Crippen LogP contribution in [0.25, 0.3) is 0 Å². The zero-order valence-corrected chi connectivity index (χ0v) is 8.52. The Kier molecular flexibility index (Phi) is 3.71. The van der Waals surface area contributed by atoms with Gasteiger partial charge in [0.25, 0.3) is 0 Å². The molecule has 1 unspecified atom stereocenters. The highest BCUT2D eigenvalue weighted by atomic mass is 33.2. The van der Waals surface area contributed by atoms with Gasteiger partial charge in [0.15, 0.2) is 11.8 Å². The minimum Gasteiger partial charge on any atom is -0.0622 e. The molecule has 0 fully saturated rings. The first kappa shape index (κ1) is 8.54. The van der Waals surface area contributed by atoms with Gasteiger partial charge in [-0.05, 0) is 12.1 Å². The molecule has 0 N–H and O–H groups in total. The van der Waals surface area contributed by atoms with E-state index in [9.17, 15) is 0 Å². The largest absolute Gasteiger partial charge is 0.319 e. The molecule has 1 aromatic rings. The molecule has 0 aromatic heterocycles. The Balaban J connectivity index is 2.67. The molecule has 0 bridgehead atoms. The maximum absolute atomic E-state index is 4.95. The highest BCUT2D eigenvalue weighted by molar-refractivity contribution is 8.90. The molecule has 1 aromatic carbocycles. The lowest BCUT2D eigenvalue weighted by molar-refractivity contribution is 1.48. The van der Waals surface area contributed by atoms with E-state index in [2.05, 4.69) is 12.2 Å². The summed E-state index contributed by atoms with van der Waals surface area (Å²) in [5.74, 6) is 0. The van der Waals surface area contributed by atoms with Gasteiger partial charge in [0.2, 0.25) is 0 Å². The lowest BCUT2D eigenvalue weighted by Crippen LogP contribution is -1.61. The Bertz CT molecular complexity index is 222. The van der Waals surface area contributed by atoms with Gasteiger partial charge in [-0.15, -0.1) is 0 Å². The Morgan fingerprint density at radius 1 is 1.30 bits per heavy atom. The molecule has 0 amide bonds. The van der Waals surface area contributed by atoms with E-state index < -0.39 is 5.10 Å². The third-order valence-electron chi connectivity index (χ3n) is 0.927. The Hall–Kier alpha value is 0.440. The summed E-state index contributed by atoms with van der Waals surface area (Å²) in [6.45, 7) is 0. The lowest BCUT2D eigenvalue weighted by atomic mass is 10.4. The van der Waals surface area contributed by atoms with E-state index >= 15 is 0 Å². The number of thiol groups is 1. The Morgan fingerprint density at radius 3 is 2.40 bits per heavy atom. The monoisotopic (exact) mass is 205 g/mol. The average molecular weight is 205 g/mol. The predicted octanol–water partition coefficient (Wildman–Crippen LogP) is 3.48. The van der Waals surface area contributed by atoms with Crippen molar-refractivity contribution in [3.8, 4) is 0 Å². The summed E-state index contributed by atoms with van der Waals surface area (Å²) in [4.78, 5) is 1.21. The third-order valence-corrected chi connectivity index (χ3v) is 4.07. The Labute approximate surface area is 75.7 Å². The summed E-state index contributed by atoms with van der Waals surface area (Å²) >= 11 is 10.7. The van der Waals surface area contributed by atoms with Gasteiger partial charge < -0.3 is 0 Å². The summed E-state index contributed by atoms with van der Waals surface area (Å²) in [7, 11) is 0. The third kappa shape index (κ3) is 3.02. The molecule has 0 aliphatic rings. The number of hydrogen-bond donors (Lipinski definition) is 1.